The predicted molar refractivity (Wildman–Crippen MR) is 53.6 cm³/mol. The van der Waals surface area contributed by atoms with Gasteiger partial charge >= 0.3 is 5.97 Å². The van der Waals surface area contributed by atoms with Gasteiger partial charge in [-0.3, -0.25) is 4.79 Å². The highest BCUT2D eigenvalue weighted by molar-refractivity contribution is 5.66. The molecule has 5 nitrogen and oxygen atoms in total. The number of carbonyl (C=O) groups is 1. The molecule has 0 bridgehead atoms. The SMILES string of the molecule is NC(CCC(=O)O)c1cccc(O)c1O. The van der Waals surface area contributed by atoms with E-state index in [0.29, 0.717) is 5.56 Å². The van der Waals surface area contributed by atoms with Gasteiger partial charge in [0.1, 0.15) is 0 Å². The minimum absolute atomic E-state index is 0.0732. The second-order valence-corrected chi connectivity index (χ2v) is 3.25. The number of para-hydroxylation sites is 1. The van der Waals surface area contributed by atoms with Gasteiger partial charge < -0.3 is 21.1 Å². The number of carboxylic acids is 1. The lowest BCUT2D eigenvalue weighted by molar-refractivity contribution is -0.137. The quantitative estimate of drug-likeness (QED) is 0.555. The molecule has 0 amide bonds. The van der Waals surface area contributed by atoms with Gasteiger partial charge in [0.2, 0.25) is 0 Å². The molecule has 0 spiro atoms. The molecular formula is C10H13NO4. The first-order valence-corrected chi connectivity index (χ1v) is 4.50. The number of benzene rings is 1. The third-order valence-corrected chi connectivity index (χ3v) is 2.11. The largest absolute Gasteiger partial charge is 0.504 e. The molecule has 0 radical (unpaired) electrons. The summed E-state index contributed by atoms with van der Waals surface area (Å²) in [5.74, 6) is -1.47. The highest BCUT2D eigenvalue weighted by Crippen LogP contribution is 2.32. The van der Waals surface area contributed by atoms with Crippen LogP contribution in [0.4, 0.5) is 0 Å². The smallest absolute Gasteiger partial charge is 0.303 e. The summed E-state index contributed by atoms with van der Waals surface area (Å²) in [5.41, 5.74) is 6.04. The molecule has 0 heterocycles. The first-order chi connectivity index (χ1) is 7.02. The second-order valence-electron chi connectivity index (χ2n) is 3.25. The third kappa shape index (κ3) is 2.85. The van der Waals surface area contributed by atoms with E-state index in [-0.39, 0.29) is 24.3 Å². The summed E-state index contributed by atoms with van der Waals surface area (Å²) in [6.45, 7) is 0. The number of nitrogens with two attached hydrogens (primary N) is 1. The zero-order valence-electron chi connectivity index (χ0n) is 8.05. The molecule has 0 saturated carbocycles. The van der Waals surface area contributed by atoms with Gasteiger partial charge in [-0.15, -0.1) is 0 Å². The van der Waals surface area contributed by atoms with Crippen LogP contribution < -0.4 is 5.73 Å². The van der Waals surface area contributed by atoms with Crippen molar-refractivity contribution in [2.75, 3.05) is 0 Å². The van der Waals surface area contributed by atoms with Crippen LogP contribution in [-0.4, -0.2) is 21.3 Å². The summed E-state index contributed by atoms with van der Waals surface area (Å²) < 4.78 is 0. The Morgan fingerprint density at radius 3 is 2.67 bits per heavy atom. The van der Waals surface area contributed by atoms with Crippen LogP contribution in [0.3, 0.4) is 0 Å². The number of hydrogen-bond donors (Lipinski definition) is 4. The Morgan fingerprint density at radius 1 is 1.40 bits per heavy atom. The lowest BCUT2D eigenvalue weighted by Crippen LogP contribution is -2.12. The van der Waals surface area contributed by atoms with Crippen molar-refractivity contribution >= 4 is 5.97 Å². The molecule has 1 aromatic carbocycles. The summed E-state index contributed by atoms with van der Waals surface area (Å²) in [6, 6.07) is 3.85. The van der Waals surface area contributed by atoms with Crippen molar-refractivity contribution in [3.63, 3.8) is 0 Å². The van der Waals surface area contributed by atoms with Crippen molar-refractivity contribution < 1.29 is 20.1 Å². The Hall–Kier alpha value is -1.75. The fourth-order valence-electron chi connectivity index (χ4n) is 1.28. The lowest BCUT2D eigenvalue weighted by Gasteiger charge is -2.12. The fraction of sp³-hybridized carbons (Fsp3) is 0.300. The van der Waals surface area contributed by atoms with Gasteiger partial charge in [-0.05, 0) is 12.5 Å². The average Bonchev–Trinajstić information content (AvgIpc) is 2.18. The molecule has 0 aromatic heterocycles. The van der Waals surface area contributed by atoms with Crippen molar-refractivity contribution in [2.24, 2.45) is 5.73 Å². The van der Waals surface area contributed by atoms with Gasteiger partial charge in [-0.1, -0.05) is 12.1 Å². The second kappa shape index (κ2) is 4.65. The molecule has 0 aliphatic rings. The molecule has 0 saturated heterocycles. The van der Waals surface area contributed by atoms with E-state index in [1.165, 1.54) is 6.07 Å². The number of phenolic OH excluding ortho intramolecular Hbond substituents is 2. The highest BCUT2D eigenvalue weighted by Gasteiger charge is 2.14. The van der Waals surface area contributed by atoms with E-state index in [1.54, 1.807) is 12.1 Å². The maximum atomic E-state index is 10.3. The van der Waals surface area contributed by atoms with Crippen molar-refractivity contribution in [3.8, 4) is 11.5 Å². The minimum atomic E-state index is -0.940. The molecule has 1 atom stereocenters. The van der Waals surface area contributed by atoms with Crippen LogP contribution in [0.15, 0.2) is 18.2 Å². The number of aliphatic carboxylic acids is 1. The van der Waals surface area contributed by atoms with Crippen molar-refractivity contribution in [2.45, 2.75) is 18.9 Å². The van der Waals surface area contributed by atoms with Crippen LogP contribution >= 0.6 is 0 Å². The van der Waals surface area contributed by atoms with Gasteiger partial charge in [0, 0.05) is 18.0 Å². The molecule has 1 unspecified atom stereocenters. The van der Waals surface area contributed by atoms with Gasteiger partial charge in [0.15, 0.2) is 11.5 Å². The first kappa shape index (κ1) is 11.3. The zero-order valence-corrected chi connectivity index (χ0v) is 8.05. The van der Waals surface area contributed by atoms with Crippen molar-refractivity contribution in [1.29, 1.82) is 0 Å². The first-order valence-electron chi connectivity index (χ1n) is 4.50. The fourth-order valence-corrected chi connectivity index (χ4v) is 1.28. The Bertz CT molecular complexity index is 364. The highest BCUT2D eigenvalue weighted by atomic mass is 16.4. The molecule has 0 aliphatic heterocycles. The molecule has 15 heavy (non-hydrogen) atoms. The predicted octanol–water partition coefficient (Wildman–Crippen LogP) is 0.962. The topological polar surface area (TPSA) is 104 Å². The van der Waals surface area contributed by atoms with Crippen LogP contribution in [0.5, 0.6) is 11.5 Å². The van der Waals surface area contributed by atoms with Crippen molar-refractivity contribution in [3.05, 3.63) is 23.8 Å². The molecule has 82 valence electrons. The monoisotopic (exact) mass is 211 g/mol. The van der Waals surface area contributed by atoms with Crippen LogP contribution in [0, 0.1) is 0 Å². The number of carboxylic acid groups (broad SMARTS) is 1. The molecule has 0 fully saturated rings. The molecule has 1 rings (SSSR count). The molecule has 5 N–H and O–H groups in total. The number of hydrogen-bond acceptors (Lipinski definition) is 4. The minimum Gasteiger partial charge on any atom is -0.504 e. The Kier molecular flexibility index (Phi) is 3.51. The summed E-state index contributed by atoms with van der Waals surface area (Å²) in [6.07, 6.45) is 0.141. The molecule has 1 aromatic rings. The molecule has 0 aliphatic carbocycles. The van der Waals surface area contributed by atoms with E-state index < -0.39 is 12.0 Å². The van der Waals surface area contributed by atoms with Crippen LogP contribution in [-0.2, 0) is 4.79 Å². The zero-order chi connectivity index (χ0) is 11.4. The number of rotatable bonds is 4. The molecular weight excluding hydrogens is 198 g/mol. The third-order valence-electron chi connectivity index (χ3n) is 2.11. The summed E-state index contributed by atoms with van der Waals surface area (Å²) in [7, 11) is 0. The number of aromatic hydroxyl groups is 2. The van der Waals surface area contributed by atoms with E-state index in [9.17, 15) is 15.0 Å². The Balaban J connectivity index is 2.77. The standard InChI is InChI=1S/C10H13NO4/c11-7(4-5-9(13)14)6-2-1-3-8(12)10(6)15/h1-3,7,12,15H,4-5,11H2,(H,13,14). The van der Waals surface area contributed by atoms with Crippen molar-refractivity contribution in [1.82, 2.24) is 0 Å². The normalized spacial score (nSPS) is 12.3. The van der Waals surface area contributed by atoms with Gasteiger partial charge in [-0.25, -0.2) is 0 Å². The number of phenols is 2. The van der Waals surface area contributed by atoms with Crippen LogP contribution in [0.25, 0.3) is 0 Å². The van der Waals surface area contributed by atoms with E-state index in [2.05, 4.69) is 0 Å². The van der Waals surface area contributed by atoms with E-state index in [4.69, 9.17) is 10.8 Å². The van der Waals surface area contributed by atoms with E-state index in [0.717, 1.165) is 0 Å². The van der Waals surface area contributed by atoms with Crippen LogP contribution in [0.2, 0.25) is 0 Å². The average molecular weight is 211 g/mol. The van der Waals surface area contributed by atoms with Gasteiger partial charge in [-0.2, -0.15) is 0 Å². The Labute approximate surface area is 86.8 Å². The summed E-state index contributed by atoms with van der Waals surface area (Å²) in [5, 5.41) is 27.1. The Morgan fingerprint density at radius 2 is 2.07 bits per heavy atom. The van der Waals surface area contributed by atoms with Gasteiger partial charge in [0.05, 0.1) is 0 Å². The van der Waals surface area contributed by atoms with Gasteiger partial charge in [0.25, 0.3) is 0 Å². The van der Waals surface area contributed by atoms with Crippen LogP contribution in [0.1, 0.15) is 24.4 Å². The summed E-state index contributed by atoms with van der Waals surface area (Å²) in [4.78, 5) is 10.3. The van der Waals surface area contributed by atoms with E-state index >= 15 is 0 Å². The van der Waals surface area contributed by atoms with E-state index in [1.807, 2.05) is 0 Å². The maximum absolute atomic E-state index is 10.3. The maximum Gasteiger partial charge on any atom is 0.303 e. The summed E-state index contributed by atoms with van der Waals surface area (Å²) >= 11 is 0. The molecule has 5 heteroatoms. The lowest BCUT2D eigenvalue weighted by atomic mass is 10.0.